The summed E-state index contributed by atoms with van der Waals surface area (Å²) in [6.07, 6.45) is 1.47. The van der Waals surface area contributed by atoms with Crippen LogP contribution in [-0.4, -0.2) is 22.7 Å². The van der Waals surface area contributed by atoms with Crippen LogP contribution in [0.3, 0.4) is 0 Å². The molecule has 4 rings (SSSR count). The van der Waals surface area contributed by atoms with Crippen LogP contribution in [0.5, 0.6) is 0 Å². The van der Waals surface area contributed by atoms with Crippen LogP contribution in [0.4, 0.5) is 11.4 Å². The summed E-state index contributed by atoms with van der Waals surface area (Å²) < 4.78 is 0. The fraction of sp³-hybridized carbons (Fsp3) is 0. The van der Waals surface area contributed by atoms with E-state index in [0.717, 1.165) is 4.90 Å². The summed E-state index contributed by atoms with van der Waals surface area (Å²) in [5.41, 5.74) is 1.48. The van der Waals surface area contributed by atoms with E-state index in [4.69, 9.17) is 11.6 Å². The number of hydrogen-bond acceptors (Lipinski definition) is 4. The number of nitrogens with one attached hydrogen (secondary N) is 1. The van der Waals surface area contributed by atoms with Gasteiger partial charge in [0.2, 0.25) is 0 Å². The van der Waals surface area contributed by atoms with Crippen molar-refractivity contribution >= 4 is 40.7 Å². The number of hydrogen-bond donors (Lipinski definition) is 1. The number of halogens is 1. The molecule has 2 heterocycles. The predicted molar refractivity (Wildman–Crippen MR) is 101 cm³/mol. The summed E-state index contributed by atoms with van der Waals surface area (Å²) in [6.45, 7) is 0. The summed E-state index contributed by atoms with van der Waals surface area (Å²) in [5, 5.41) is 3.06. The monoisotopic (exact) mass is 377 g/mol. The third kappa shape index (κ3) is 2.96. The Morgan fingerprint density at radius 2 is 1.78 bits per heavy atom. The molecule has 0 spiro atoms. The maximum absolute atomic E-state index is 12.6. The molecule has 2 aromatic carbocycles. The van der Waals surface area contributed by atoms with Crippen molar-refractivity contribution in [2.75, 3.05) is 10.2 Å². The molecule has 7 heteroatoms. The lowest BCUT2D eigenvalue weighted by molar-refractivity contribution is 0.0923. The van der Waals surface area contributed by atoms with Crippen LogP contribution in [0.1, 0.15) is 31.2 Å². The van der Waals surface area contributed by atoms with Crippen molar-refractivity contribution in [3.05, 3.63) is 88.7 Å². The van der Waals surface area contributed by atoms with Crippen LogP contribution in [0, 0.1) is 0 Å². The second-order valence-corrected chi connectivity index (χ2v) is 6.24. The average molecular weight is 378 g/mol. The Balaban J connectivity index is 1.63. The van der Waals surface area contributed by atoms with Crippen LogP contribution in [0.25, 0.3) is 0 Å². The Kier molecular flexibility index (Phi) is 4.18. The van der Waals surface area contributed by atoms with E-state index in [0.29, 0.717) is 22.0 Å². The molecule has 27 heavy (non-hydrogen) atoms. The van der Waals surface area contributed by atoms with E-state index >= 15 is 0 Å². The summed E-state index contributed by atoms with van der Waals surface area (Å²) in [6, 6.07) is 16.3. The minimum absolute atomic E-state index is 0.119. The van der Waals surface area contributed by atoms with Crippen LogP contribution in [-0.2, 0) is 0 Å². The quantitative estimate of drug-likeness (QED) is 0.704. The van der Waals surface area contributed by atoms with Crippen molar-refractivity contribution < 1.29 is 14.4 Å². The van der Waals surface area contributed by atoms with E-state index in [1.165, 1.54) is 6.20 Å². The van der Waals surface area contributed by atoms with Crippen LogP contribution >= 0.6 is 11.6 Å². The fourth-order valence-corrected chi connectivity index (χ4v) is 3.09. The molecule has 0 unspecified atom stereocenters. The maximum Gasteiger partial charge on any atom is 0.284 e. The van der Waals surface area contributed by atoms with Gasteiger partial charge < -0.3 is 5.32 Å². The summed E-state index contributed by atoms with van der Waals surface area (Å²) in [5.74, 6) is -1.33. The lowest BCUT2D eigenvalue weighted by Crippen LogP contribution is -2.29. The topological polar surface area (TPSA) is 79.4 Å². The standard InChI is InChI=1S/C20H12ClN3O3/c21-16-9-2-1-7-14(16)18(25)23-12-5-3-6-13(11-12)24-19(26)15-8-4-10-22-17(15)20(24)27/h1-11H,(H,23,25). The highest BCUT2D eigenvalue weighted by Gasteiger charge is 2.37. The van der Waals surface area contributed by atoms with Crippen LogP contribution < -0.4 is 10.2 Å². The Bertz CT molecular complexity index is 1060. The molecule has 3 amide bonds. The molecular formula is C20H12ClN3O3. The molecule has 0 fully saturated rings. The highest BCUT2D eigenvalue weighted by Crippen LogP contribution is 2.29. The van der Waals surface area contributed by atoms with Crippen LogP contribution in [0.15, 0.2) is 66.9 Å². The highest BCUT2D eigenvalue weighted by atomic mass is 35.5. The number of anilines is 2. The second-order valence-electron chi connectivity index (χ2n) is 5.83. The lowest BCUT2D eigenvalue weighted by atomic mass is 10.2. The molecule has 0 bridgehead atoms. The Labute approximate surface area is 159 Å². The zero-order chi connectivity index (χ0) is 19.0. The van der Waals surface area contributed by atoms with E-state index in [1.807, 2.05) is 0 Å². The van der Waals surface area contributed by atoms with Crippen LogP contribution in [0.2, 0.25) is 5.02 Å². The Hall–Kier alpha value is -3.51. The van der Waals surface area contributed by atoms with Crippen molar-refractivity contribution in [3.8, 4) is 0 Å². The smallest absolute Gasteiger partial charge is 0.284 e. The van der Waals surface area contributed by atoms with Crippen molar-refractivity contribution in [3.63, 3.8) is 0 Å². The van der Waals surface area contributed by atoms with Crippen molar-refractivity contribution in [1.29, 1.82) is 0 Å². The molecule has 1 aliphatic rings. The van der Waals surface area contributed by atoms with Gasteiger partial charge in [-0.25, -0.2) is 4.90 Å². The molecule has 1 aromatic heterocycles. The zero-order valence-corrected chi connectivity index (χ0v) is 14.6. The molecule has 0 atom stereocenters. The van der Waals surface area contributed by atoms with Gasteiger partial charge in [-0.15, -0.1) is 0 Å². The zero-order valence-electron chi connectivity index (χ0n) is 13.8. The molecule has 3 aromatic rings. The van der Waals surface area contributed by atoms with Gasteiger partial charge in [-0.1, -0.05) is 29.8 Å². The number of imide groups is 1. The van der Waals surface area contributed by atoms with E-state index in [1.54, 1.807) is 60.7 Å². The largest absolute Gasteiger partial charge is 0.322 e. The molecule has 1 N–H and O–H groups in total. The van der Waals surface area contributed by atoms with Gasteiger partial charge in [-0.3, -0.25) is 19.4 Å². The fourth-order valence-electron chi connectivity index (χ4n) is 2.87. The van der Waals surface area contributed by atoms with Gasteiger partial charge >= 0.3 is 0 Å². The number of pyridine rings is 1. The van der Waals surface area contributed by atoms with Crippen molar-refractivity contribution in [2.45, 2.75) is 0 Å². The summed E-state index contributed by atoms with van der Waals surface area (Å²) >= 11 is 6.04. The molecule has 0 aliphatic carbocycles. The first-order chi connectivity index (χ1) is 13.1. The lowest BCUT2D eigenvalue weighted by Gasteiger charge is -2.15. The molecular weight excluding hydrogens is 366 g/mol. The average Bonchev–Trinajstić information content (AvgIpc) is 2.93. The highest BCUT2D eigenvalue weighted by molar-refractivity contribution is 6.35. The number of rotatable bonds is 3. The van der Waals surface area contributed by atoms with Crippen molar-refractivity contribution in [1.82, 2.24) is 4.98 Å². The van der Waals surface area contributed by atoms with Gasteiger partial charge in [-0.2, -0.15) is 0 Å². The predicted octanol–water partition coefficient (Wildman–Crippen LogP) is 3.79. The van der Waals surface area contributed by atoms with Gasteiger partial charge in [0.15, 0.2) is 0 Å². The Morgan fingerprint density at radius 3 is 2.56 bits per heavy atom. The minimum atomic E-state index is -0.495. The maximum atomic E-state index is 12.6. The minimum Gasteiger partial charge on any atom is -0.322 e. The van der Waals surface area contributed by atoms with E-state index in [2.05, 4.69) is 10.3 Å². The SMILES string of the molecule is O=C(Nc1cccc(N2C(=O)c3cccnc3C2=O)c1)c1ccccc1Cl. The number of aromatic nitrogens is 1. The third-order valence-corrected chi connectivity index (χ3v) is 4.46. The number of carbonyl (C=O) groups is 3. The molecule has 132 valence electrons. The van der Waals surface area contributed by atoms with E-state index in [-0.39, 0.29) is 17.2 Å². The summed E-state index contributed by atoms with van der Waals surface area (Å²) in [7, 11) is 0. The van der Waals surface area contributed by atoms with Gasteiger partial charge in [0.25, 0.3) is 17.7 Å². The second kappa shape index (κ2) is 6.66. The third-order valence-electron chi connectivity index (χ3n) is 4.13. The molecule has 0 saturated carbocycles. The summed E-state index contributed by atoms with van der Waals surface area (Å²) in [4.78, 5) is 42.6. The molecule has 1 aliphatic heterocycles. The normalized spacial score (nSPS) is 12.9. The number of nitrogens with zero attached hydrogens (tertiary/aromatic N) is 2. The number of fused-ring (bicyclic) bond motifs is 1. The number of amides is 3. The number of carbonyl (C=O) groups excluding carboxylic acids is 3. The van der Waals surface area contributed by atoms with Gasteiger partial charge in [0.05, 0.1) is 21.8 Å². The van der Waals surface area contributed by atoms with Gasteiger partial charge in [0.1, 0.15) is 5.69 Å². The Morgan fingerprint density at radius 1 is 0.963 bits per heavy atom. The molecule has 0 saturated heterocycles. The van der Waals surface area contributed by atoms with Gasteiger partial charge in [0, 0.05) is 11.9 Å². The number of benzene rings is 2. The van der Waals surface area contributed by atoms with E-state index < -0.39 is 11.8 Å². The van der Waals surface area contributed by atoms with Crippen molar-refractivity contribution in [2.24, 2.45) is 0 Å². The van der Waals surface area contributed by atoms with Gasteiger partial charge in [-0.05, 0) is 42.5 Å². The first-order valence-corrected chi connectivity index (χ1v) is 8.44. The first-order valence-electron chi connectivity index (χ1n) is 8.06. The molecule has 0 radical (unpaired) electrons. The van der Waals surface area contributed by atoms with E-state index in [9.17, 15) is 14.4 Å². The first kappa shape index (κ1) is 16.9. The molecule has 6 nitrogen and oxygen atoms in total.